The molecule has 1 nitrogen and oxygen atoms in total. The first kappa shape index (κ1) is 10.5. The van der Waals surface area contributed by atoms with Gasteiger partial charge in [0.2, 0.25) is 0 Å². The van der Waals surface area contributed by atoms with Gasteiger partial charge in [0.1, 0.15) is 5.60 Å². The van der Waals surface area contributed by atoms with Crippen molar-refractivity contribution in [3.63, 3.8) is 0 Å². The summed E-state index contributed by atoms with van der Waals surface area (Å²) in [5, 5.41) is 0. The van der Waals surface area contributed by atoms with Crippen LogP contribution in [0.1, 0.15) is 46.5 Å². The number of hydrogen-bond donors (Lipinski definition) is 0. The fourth-order valence-electron chi connectivity index (χ4n) is 1.07. The van der Waals surface area contributed by atoms with Crippen molar-refractivity contribution in [3.05, 3.63) is 12.8 Å². The van der Waals surface area contributed by atoms with Crippen LogP contribution in [0.15, 0.2) is 12.8 Å². The molecule has 0 N–H and O–H groups in total. The molecule has 1 heteroatoms. The Morgan fingerprint density at radius 1 is 1.45 bits per heavy atom. The van der Waals surface area contributed by atoms with Crippen molar-refractivity contribution in [2.75, 3.05) is 0 Å². The maximum Gasteiger partial charge on any atom is 0.105 e. The number of rotatable bonds is 6. The molecule has 11 heavy (non-hydrogen) atoms. The predicted octanol–water partition coefficient (Wildman–Crippen LogP) is 3.51. The van der Waals surface area contributed by atoms with Crippen LogP contribution in [0.5, 0.6) is 0 Å². The first-order valence-corrected chi connectivity index (χ1v) is 4.47. The van der Waals surface area contributed by atoms with Gasteiger partial charge in [-0.1, -0.05) is 26.8 Å². The maximum absolute atomic E-state index is 5.44. The third-order valence-corrected chi connectivity index (χ3v) is 2.17. The van der Waals surface area contributed by atoms with Gasteiger partial charge in [-0.15, -0.1) is 0 Å². The zero-order chi connectivity index (χ0) is 8.74. The van der Waals surface area contributed by atoms with Crippen LogP contribution in [-0.2, 0) is 4.74 Å². The second-order valence-corrected chi connectivity index (χ2v) is 3.19. The van der Waals surface area contributed by atoms with E-state index in [9.17, 15) is 0 Å². The minimum absolute atomic E-state index is 0.0256. The Hall–Kier alpha value is -0.460. The minimum atomic E-state index is 0.0256. The molecule has 0 bridgehead atoms. The molecule has 0 rings (SSSR count). The molecule has 0 aliphatic rings. The third kappa shape index (κ3) is 4.07. The van der Waals surface area contributed by atoms with Gasteiger partial charge in [0.25, 0.3) is 0 Å². The number of hydrogen-bond acceptors (Lipinski definition) is 1. The van der Waals surface area contributed by atoms with E-state index in [1.165, 1.54) is 12.8 Å². The highest BCUT2D eigenvalue weighted by atomic mass is 16.5. The Balaban J connectivity index is 3.77. The first-order chi connectivity index (χ1) is 5.18. The van der Waals surface area contributed by atoms with Crippen LogP contribution in [0.3, 0.4) is 0 Å². The Morgan fingerprint density at radius 3 is 2.45 bits per heavy atom. The molecular formula is C10H20O. The third-order valence-electron chi connectivity index (χ3n) is 2.17. The lowest BCUT2D eigenvalue weighted by atomic mass is 9.96. The number of ether oxygens (including phenoxy) is 1. The second-order valence-electron chi connectivity index (χ2n) is 3.19. The Kier molecular flexibility index (Phi) is 5.01. The topological polar surface area (TPSA) is 9.23 Å². The molecule has 0 aromatic heterocycles. The summed E-state index contributed by atoms with van der Waals surface area (Å²) in [6.45, 7) is 10.1. The van der Waals surface area contributed by atoms with Crippen LogP contribution in [0, 0.1) is 0 Å². The van der Waals surface area contributed by atoms with Crippen LogP contribution >= 0.6 is 0 Å². The summed E-state index contributed by atoms with van der Waals surface area (Å²) in [5.74, 6) is 0. The lowest BCUT2D eigenvalue weighted by Gasteiger charge is -2.27. The summed E-state index contributed by atoms with van der Waals surface area (Å²) in [7, 11) is 0. The van der Waals surface area contributed by atoms with E-state index in [4.69, 9.17) is 4.74 Å². The molecule has 0 radical (unpaired) electrons. The highest BCUT2D eigenvalue weighted by molar-refractivity contribution is 4.75. The Labute approximate surface area is 70.4 Å². The molecule has 0 saturated heterocycles. The molecule has 66 valence electrons. The highest BCUT2D eigenvalue weighted by Crippen LogP contribution is 2.22. The summed E-state index contributed by atoms with van der Waals surface area (Å²) < 4.78 is 5.44. The van der Waals surface area contributed by atoms with Gasteiger partial charge in [0.05, 0.1) is 6.26 Å². The average molecular weight is 156 g/mol. The summed E-state index contributed by atoms with van der Waals surface area (Å²) in [6, 6.07) is 0. The van der Waals surface area contributed by atoms with Crippen molar-refractivity contribution in [1.29, 1.82) is 0 Å². The van der Waals surface area contributed by atoms with E-state index in [1.54, 1.807) is 6.26 Å². The average Bonchev–Trinajstić information content (AvgIpc) is 2.02. The minimum Gasteiger partial charge on any atom is -0.496 e. The van der Waals surface area contributed by atoms with Crippen molar-refractivity contribution in [2.24, 2.45) is 0 Å². The quantitative estimate of drug-likeness (QED) is 0.535. The molecule has 0 spiro atoms. The lowest BCUT2D eigenvalue weighted by Crippen LogP contribution is -2.25. The van der Waals surface area contributed by atoms with Crippen molar-refractivity contribution < 1.29 is 4.74 Å². The van der Waals surface area contributed by atoms with Gasteiger partial charge in [0.15, 0.2) is 0 Å². The first-order valence-electron chi connectivity index (χ1n) is 4.47. The summed E-state index contributed by atoms with van der Waals surface area (Å²) in [4.78, 5) is 0. The fraction of sp³-hybridized carbons (Fsp3) is 0.800. The van der Waals surface area contributed by atoms with Crippen LogP contribution in [-0.4, -0.2) is 5.60 Å². The normalized spacial score (nSPS) is 15.5. The summed E-state index contributed by atoms with van der Waals surface area (Å²) in [6.07, 6.45) is 6.21. The SMILES string of the molecule is C=COC(C)(CC)CCCC. The van der Waals surface area contributed by atoms with Gasteiger partial charge in [-0.25, -0.2) is 0 Å². The fourth-order valence-corrected chi connectivity index (χ4v) is 1.07. The molecule has 1 unspecified atom stereocenters. The molecule has 0 saturated carbocycles. The van der Waals surface area contributed by atoms with Crippen molar-refractivity contribution in [1.82, 2.24) is 0 Å². The van der Waals surface area contributed by atoms with E-state index >= 15 is 0 Å². The molecule has 0 aliphatic heterocycles. The predicted molar refractivity (Wildman–Crippen MR) is 49.5 cm³/mol. The molecule has 0 aromatic carbocycles. The molecule has 0 aliphatic carbocycles. The zero-order valence-electron chi connectivity index (χ0n) is 8.02. The zero-order valence-corrected chi connectivity index (χ0v) is 8.02. The van der Waals surface area contributed by atoms with Gasteiger partial charge in [0, 0.05) is 0 Å². The molecule has 0 amide bonds. The number of unbranched alkanes of at least 4 members (excludes halogenated alkanes) is 1. The van der Waals surface area contributed by atoms with E-state index in [1.807, 2.05) is 0 Å². The van der Waals surface area contributed by atoms with Crippen LogP contribution in [0.4, 0.5) is 0 Å². The van der Waals surface area contributed by atoms with Crippen LogP contribution in [0.2, 0.25) is 0 Å². The smallest absolute Gasteiger partial charge is 0.105 e. The lowest BCUT2D eigenvalue weighted by molar-refractivity contribution is 0.0263. The van der Waals surface area contributed by atoms with Gasteiger partial charge in [-0.3, -0.25) is 0 Å². The van der Waals surface area contributed by atoms with Crippen LogP contribution in [0.25, 0.3) is 0 Å². The molecule has 1 atom stereocenters. The van der Waals surface area contributed by atoms with Gasteiger partial charge in [-0.05, 0) is 26.2 Å². The van der Waals surface area contributed by atoms with E-state index < -0.39 is 0 Å². The van der Waals surface area contributed by atoms with E-state index in [0.29, 0.717) is 0 Å². The Morgan fingerprint density at radius 2 is 2.09 bits per heavy atom. The van der Waals surface area contributed by atoms with E-state index in [-0.39, 0.29) is 5.60 Å². The molecular weight excluding hydrogens is 136 g/mol. The van der Waals surface area contributed by atoms with Gasteiger partial charge in [-0.2, -0.15) is 0 Å². The van der Waals surface area contributed by atoms with E-state index in [2.05, 4.69) is 27.4 Å². The van der Waals surface area contributed by atoms with Crippen LogP contribution < -0.4 is 0 Å². The highest BCUT2D eigenvalue weighted by Gasteiger charge is 2.20. The Bertz CT molecular complexity index is 109. The van der Waals surface area contributed by atoms with Crippen molar-refractivity contribution >= 4 is 0 Å². The van der Waals surface area contributed by atoms with Gasteiger partial charge < -0.3 is 4.74 Å². The largest absolute Gasteiger partial charge is 0.496 e. The van der Waals surface area contributed by atoms with Crippen molar-refractivity contribution in [2.45, 2.75) is 52.1 Å². The van der Waals surface area contributed by atoms with Gasteiger partial charge >= 0.3 is 0 Å². The van der Waals surface area contributed by atoms with E-state index in [0.717, 1.165) is 12.8 Å². The molecule has 0 heterocycles. The monoisotopic (exact) mass is 156 g/mol. The summed E-state index contributed by atoms with van der Waals surface area (Å²) >= 11 is 0. The summed E-state index contributed by atoms with van der Waals surface area (Å²) in [5.41, 5.74) is 0.0256. The van der Waals surface area contributed by atoms with Crippen molar-refractivity contribution in [3.8, 4) is 0 Å². The maximum atomic E-state index is 5.44. The molecule has 0 aromatic rings. The standard InChI is InChI=1S/C10H20O/c1-5-8-9-10(4,6-2)11-7-3/h7H,3,5-6,8-9H2,1-2,4H3. The second kappa shape index (κ2) is 5.22. The molecule has 0 fully saturated rings.